The molecular formula is C15H26N2O. The molecule has 0 heterocycles. The van der Waals surface area contributed by atoms with E-state index in [1.165, 1.54) is 12.8 Å². The van der Waals surface area contributed by atoms with Gasteiger partial charge >= 0.3 is 0 Å². The summed E-state index contributed by atoms with van der Waals surface area (Å²) in [7, 11) is 4.10. The molecule has 1 aromatic carbocycles. The Kier molecular flexibility index (Phi) is 6.58. The van der Waals surface area contributed by atoms with Crippen LogP contribution in [0.2, 0.25) is 0 Å². The van der Waals surface area contributed by atoms with Gasteiger partial charge in [0.15, 0.2) is 0 Å². The minimum atomic E-state index is 0.507. The molecule has 3 nitrogen and oxygen atoms in total. The highest BCUT2D eigenvalue weighted by Gasteiger charge is 2.02. The molecule has 0 aliphatic heterocycles. The van der Waals surface area contributed by atoms with Crippen molar-refractivity contribution in [3.8, 4) is 5.75 Å². The first-order valence-corrected chi connectivity index (χ1v) is 6.76. The van der Waals surface area contributed by atoms with Gasteiger partial charge in [0.2, 0.25) is 0 Å². The van der Waals surface area contributed by atoms with Crippen LogP contribution in [-0.4, -0.2) is 38.2 Å². The van der Waals surface area contributed by atoms with E-state index in [9.17, 15) is 0 Å². The van der Waals surface area contributed by atoms with Crippen molar-refractivity contribution in [2.75, 3.05) is 32.6 Å². The lowest BCUT2D eigenvalue weighted by Crippen LogP contribution is -2.19. The Bertz CT molecular complexity index is 339. The molecule has 0 amide bonds. The van der Waals surface area contributed by atoms with Crippen LogP contribution in [0.15, 0.2) is 24.3 Å². The van der Waals surface area contributed by atoms with Crippen molar-refractivity contribution < 1.29 is 4.74 Å². The molecule has 0 fully saturated rings. The Labute approximate surface area is 111 Å². The molecule has 0 saturated heterocycles. The van der Waals surface area contributed by atoms with Crippen molar-refractivity contribution in [1.29, 1.82) is 0 Å². The van der Waals surface area contributed by atoms with Crippen LogP contribution in [0.1, 0.15) is 26.7 Å². The lowest BCUT2D eigenvalue weighted by atomic mass is 10.2. The summed E-state index contributed by atoms with van der Waals surface area (Å²) in [5, 5.41) is 3.49. The first-order valence-electron chi connectivity index (χ1n) is 6.76. The van der Waals surface area contributed by atoms with E-state index >= 15 is 0 Å². The van der Waals surface area contributed by atoms with Gasteiger partial charge in [-0.25, -0.2) is 0 Å². The third kappa shape index (κ3) is 5.92. The number of nitrogens with one attached hydrogen (secondary N) is 1. The number of hydrogen-bond acceptors (Lipinski definition) is 3. The van der Waals surface area contributed by atoms with Gasteiger partial charge in [0.1, 0.15) is 12.4 Å². The maximum atomic E-state index is 5.72. The molecule has 0 aliphatic rings. The third-order valence-electron chi connectivity index (χ3n) is 2.78. The van der Waals surface area contributed by atoms with Crippen LogP contribution >= 0.6 is 0 Å². The fourth-order valence-corrected chi connectivity index (χ4v) is 1.81. The normalized spacial score (nSPS) is 12.5. The Morgan fingerprint density at radius 3 is 2.78 bits per heavy atom. The van der Waals surface area contributed by atoms with Gasteiger partial charge in [-0.1, -0.05) is 19.4 Å². The van der Waals surface area contributed by atoms with E-state index in [1.807, 2.05) is 26.2 Å². The number of likely N-dealkylation sites (N-methyl/N-ethyl adjacent to an activating group) is 1. The second kappa shape index (κ2) is 7.98. The van der Waals surface area contributed by atoms with Crippen LogP contribution in [-0.2, 0) is 0 Å². The van der Waals surface area contributed by atoms with Crippen LogP contribution in [0, 0.1) is 0 Å². The van der Waals surface area contributed by atoms with Crippen molar-refractivity contribution >= 4 is 5.69 Å². The van der Waals surface area contributed by atoms with Gasteiger partial charge in [-0.15, -0.1) is 0 Å². The van der Waals surface area contributed by atoms with Crippen LogP contribution in [0.5, 0.6) is 5.75 Å². The monoisotopic (exact) mass is 250 g/mol. The molecule has 1 atom stereocenters. The summed E-state index contributed by atoms with van der Waals surface area (Å²) < 4.78 is 5.72. The Morgan fingerprint density at radius 2 is 2.11 bits per heavy atom. The van der Waals surface area contributed by atoms with E-state index in [4.69, 9.17) is 4.74 Å². The second-order valence-electron chi connectivity index (χ2n) is 5.01. The van der Waals surface area contributed by atoms with Crippen LogP contribution in [0.4, 0.5) is 5.69 Å². The number of hydrogen-bond donors (Lipinski definition) is 1. The zero-order chi connectivity index (χ0) is 13.4. The zero-order valence-corrected chi connectivity index (χ0v) is 12.1. The average molecular weight is 250 g/mol. The molecule has 0 saturated carbocycles. The molecule has 0 radical (unpaired) electrons. The molecule has 0 bridgehead atoms. The Hall–Kier alpha value is -1.22. The van der Waals surface area contributed by atoms with E-state index < -0.39 is 0 Å². The number of rotatable bonds is 8. The van der Waals surface area contributed by atoms with Gasteiger partial charge in [-0.2, -0.15) is 0 Å². The topological polar surface area (TPSA) is 24.5 Å². The van der Waals surface area contributed by atoms with Gasteiger partial charge in [0.25, 0.3) is 0 Å². The quantitative estimate of drug-likeness (QED) is 0.766. The summed E-state index contributed by atoms with van der Waals surface area (Å²) in [6, 6.07) is 8.71. The second-order valence-corrected chi connectivity index (χ2v) is 5.01. The fourth-order valence-electron chi connectivity index (χ4n) is 1.81. The smallest absolute Gasteiger partial charge is 0.121 e. The third-order valence-corrected chi connectivity index (χ3v) is 2.78. The van der Waals surface area contributed by atoms with E-state index in [1.54, 1.807) is 0 Å². The minimum absolute atomic E-state index is 0.507. The van der Waals surface area contributed by atoms with Crippen LogP contribution in [0.3, 0.4) is 0 Å². The zero-order valence-electron chi connectivity index (χ0n) is 12.1. The van der Waals surface area contributed by atoms with Crippen molar-refractivity contribution in [2.45, 2.75) is 32.7 Å². The molecule has 1 rings (SSSR count). The largest absolute Gasteiger partial charge is 0.492 e. The number of ether oxygens (including phenoxy) is 1. The summed E-state index contributed by atoms with van der Waals surface area (Å²) in [5.74, 6) is 0.936. The molecule has 1 aromatic rings. The Morgan fingerprint density at radius 1 is 1.33 bits per heavy atom. The highest BCUT2D eigenvalue weighted by atomic mass is 16.5. The lowest BCUT2D eigenvalue weighted by Gasteiger charge is -2.16. The maximum Gasteiger partial charge on any atom is 0.121 e. The number of nitrogens with zero attached hydrogens (tertiary/aromatic N) is 1. The number of anilines is 1. The fraction of sp³-hybridized carbons (Fsp3) is 0.600. The van der Waals surface area contributed by atoms with Crippen molar-refractivity contribution in [1.82, 2.24) is 4.90 Å². The molecule has 3 heteroatoms. The highest BCUT2D eigenvalue weighted by Crippen LogP contribution is 2.18. The SMILES string of the molecule is CCCC(C)Nc1cccc(OCCN(C)C)c1. The minimum Gasteiger partial charge on any atom is -0.492 e. The van der Waals surface area contributed by atoms with Gasteiger partial charge in [-0.05, 0) is 39.6 Å². The molecule has 0 aliphatic carbocycles. The van der Waals surface area contributed by atoms with E-state index in [2.05, 4.69) is 36.2 Å². The first kappa shape index (κ1) is 14.8. The maximum absolute atomic E-state index is 5.72. The van der Waals surface area contributed by atoms with E-state index in [0.717, 1.165) is 24.6 Å². The summed E-state index contributed by atoms with van der Waals surface area (Å²) in [6.07, 6.45) is 2.39. The predicted molar refractivity (Wildman–Crippen MR) is 78.5 cm³/mol. The van der Waals surface area contributed by atoms with Crippen molar-refractivity contribution in [2.24, 2.45) is 0 Å². The molecule has 0 aromatic heterocycles. The summed E-state index contributed by atoms with van der Waals surface area (Å²) in [5.41, 5.74) is 1.14. The molecule has 102 valence electrons. The van der Waals surface area contributed by atoms with Gasteiger partial charge in [-0.3, -0.25) is 0 Å². The molecule has 1 N–H and O–H groups in total. The summed E-state index contributed by atoms with van der Waals surface area (Å²) in [4.78, 5) is 2.12. The molecule has 18 heavy (non-hydrogen) atoms. The van der Waals surface area contributed by atoms with Gasteiger partial charge in [0, 0.05) is 24.3 Å². The van der Waals surface area contributed by atoms with Crippen molar-refractivity contribution in [3.63, 3.8) is 0 Å². The lowest BCUT2D eigenvalue weighted by molar-refractivity contribution is 0.261. The van der Waals surface area contributed by atoms with Crippen LogP contribution < -0.4 is 10.1 Å². The van der Waals surface area contributed by atoms with Crippen molar-refractivity contribution in [3.05, 3.63) is 24.3 Å². The Balaban J connectivity index is 2.46. The van der Waals surface area contributed by atoms with E-state index in [0.29, 0.717) is 6.04 Å². The molecule has 0 spiro atoms. The number of benzene rings is 1. The molecular weight excluding hydrogens is 224 g/mol. The van der Waals surface area contributed by atoms with E-state index in [-0.39, 0.29) is 0 Å². The highest BCUT2D eigenvalue weighted by molar-refractivity contribution is 5.48. The predicted octanol–water partition coefficient (Wildman–Crippen LogP) is 3.23. The van der Waals surface area contributed by atoms with Crippen LogP contribution in [0.25, 0.3) is 0 Å². The summed E-state index contributed by atoms with van der Waals surface area (Å²) in [6.45, 7) is 6.08. The molecule has 1 unspecified atom stereocenters. The first-order chi connectivity index (χ1) is 8.61. The van der Waals surface area contributed by atoms with Gasteiger partial charge in [0.05, 0.1) is 0 Å². The average Bonchev–Trinajstić information content (AvgIpc) is 2.29. The standard InChI is InChI=1S/C15H26N2O/c1-5-7-13(2)16-14-8-6-9-15(12-14)18-11-10-17(3)4/h6,8-9,12-13,16H,5,7,10-11H2,1-4H3. The summed E-state index contributed by atoms with van der Waals surface area (Å²) >= 11 is 0. The van der Waals surface area contributed by atoms with Gasteiger partial charge < -0.3 is 15.0 Å².